The standard InChI is InChI=1S/C7H11NO2S/c1-2-7(6(9)10)5(8)3-4-11-7/h3-5H,2,8H2,1H3,(H,9,10). The Kier molecular flexibility index (Phi) is 2.25. The molecule has 0 aliphatic carbocycles. The van der Waals surface area contributed by atoms with Crippen LogP contribution in [-0.4, -0.2) is 21.9 Å². The van der Waals surface area contributed by atoms with Crippen LogP contribution in [0.25, 0.3) is 0 Å². The van der Waals surface area contributed by atoms with Gasteiger partial charge in [-0.25, -0.2) is 0 Å². The van der Waals surface area contributed by atoms with Crippen molar-refractivity contribution in [2.24, 2.45) is 5.73 Å². The normalized spacial score (nSPS) is 36.0. The zero-order valence-electron chi connectivity index (χ0n) is 6.28. The Hall–Kier alpha value is -0.480. The molecule has 1 rings (SSSR count). The van der Waals surface area contributed by atoms with Crippen LogP contribution in [0.3, 0.4) is 0 Å². The van der Waals surface area contributed by atoms with Gasteiger partial charge in [0.15, 0.2) is 0 Å². The molecule has 2 unspecified atom stereocenters. The van der Waals surface area contributed by atoms with Gasteiger partial charge in [0.1, 0.15) is 4.75 Å². The van der Waals surface area contributed by atoms with E-state index in [0.717, 1.165) is 0 Å². The van der Waals surface area contributed by atoms with Crippen molar-refractivity contribution < 1.29 is 9.90 Å². The first kappa shape index (κ1) is 8.62. The molecule has 1 heterocycles. The van der Waals surface area contributed by atoms with E-state index in [1.807, 2.05) is 6.92 Å². The summed E-state index contributed by atoms with van der Waals surface area (Å²) in [6, 6.07) is -0.352. The Labute approximate surface area is 69.7 Å². The van der Waals surface area contributed by atoms with Crippen molar-refractivity contribution in [3.8, 4) is 0 Å². The maximum Gasteiger partial charge on any atom is 0.322 e. The fourth-order valence-corrected chi connectivity index (χ4v) is 2.14. The summed E-state index contributed by atoms with van der Waals surface area (Å²) in [5, 5.41) is 10.7. The van der Waals surface area contributed by atoms with E-state index < -0.39 is 10.7 Å². The van der Waals surface area contributed by atoms with E-state index >= 15 is 0 Å². The molecule has 0 aromatic carbocycles. The van der Waals surface area contributed by atoms with Crippen LogP contribution in [0.15, 0.2) is 11.5 Å². The van der Waals surface area contributed by atoms with Crippen molar-refractivity contribution >= 4 is 17.7 Å². The minimum Gasteiger partial charge on any atom is -0.480 e. The van der Waals surface area contributed by atoms with E-state index in [0.29, 0.717) is 6.42 Å². The second-order valence-electron chi connectivity index (χ2n) is 2.52. The topological polar surface area (TPSA) is 63.3 Å². The number of hydrogen-bond acceptors (Lipinski definition) is 3. The molecule has 0 fully saturated rings. The number of carboxylic acid groups (broad SMARTS) is 1. The van der Waals surface area contributed by atoms with Gasteiger partial charge >= 0.3 is 5.97 Å². The van der Waals surface area contributed by atoms with Gasteiger partial charge in [-0.05, 0) is 11.8 Å². The van der Waals surface area contributed by atoms with Crippen molar-refractivity contribution in [2.75, 3.05) is 0 Å². The number of hydrogen-bond donors (Lipinski definition) is 2. The number of carboxylic acids is 1. The number of thioether (sulfide) groups is 1. The molecule has 62 valence electrons. The Morgan fingerprint density at radius 2 is 2.55 bits per heavy atom. The summed E-state index contributed by atoms with van der Waals surface area (Å²) in [7, 11) is 0. The van der Waals surface area contributed by atoms with E-state index in [1.165, 1.54) is 11.8 Å². The van der Waals surface area contributed by atoms with Crippen LogP contribution < -0.4 is 5.73 Å². The summed E-state index contributed by atoms with van der Waals surface area (Å²) >= 11 is 1.30. The summed E-state index contributed by atoms with van der Waals surface area (Å²) in [5.74, 6) is -0.817. The van der Waals surface area contributed by atoms with Crippen LogP contribution in [0.4, 0.5) is 0 Å². The molecule has 1 aliphatic rings. The Bertz CT molecular complexity index is 205. The summed E-state index contributed by atoms with van der Waals surface area (Å²) in [5.41, 5.74) is 5.64. The van der Waals surface area contributed by atoms with Crippen molar-refractivity contribution in [2.45, 2.75) is 24.1 Å². The molecule has 0 aromatic rings. The van der Waals surface area contributed by atoms with E-state index in [4.69, 9.17) is 10.8 Å². The summed E-state index contributed by atoms with van der Waals surface area (Å²) < 4.78 is -0.806. The Morgan fingerprint density at radius 3 is 2.73 bits per heavy atom. The minimum atomic E-state index is -0.817. The molecule has 0 radical (unpaired) electrons. The molecule has 0 saturated heterocycles. The van der Waals surface area contributed by atoms with Crippen LogP contribution in [0.2, 0.25) is 0 Å². The minimum absolute atomic E-state index is 0.352. The molecule has 0 amide bonds. The molecule has 0 saturated carbocycles. The van der Waals surface area contributed by atoms with Crippen molar-refractivity contribution in [3.05, 3.63) is 11.5 Å². The van der Waals surface area contributed by atoms with Crippen LogP contribution in [0, 0.1) is 0 Å². The predicted molar refractivity (Wildman–Crippen MR) is 45.4 cm³/mol. The number of carbonyl (C=O) groups is 1. The maximum atomic E-state index is 10.8. The van der Waals surface area contributed by atoms with Crippen LogP contribution in [0.5, 0.6) is 0 Å². The van der Waals surface area contributed by atoms with E-state index in [2.05, 4.69) is 0 Å². The monoisotopic (exact) mass is 173 g/mol. The molecule has 3 nitrogen and oxygen atoms in total. The van der Waals surface area contributed by atoms with Gasteiger partial charge in [-0.15, -0.1) is 11.8 Å². The van der Waals surface area contributed by atoms with Gasteiger partial charge < -0.3 is 10.8 Å². The molecule has 0 aromatic heterocycles. The fraction of sp³-hybridized carbons (Fsp3) is 0.571. The molecule has 2 atom stereocenters. The van der Waals surface area contributed by atoms with Gasteiger partial charge in [-0.1, -0.05) is 13.0 Å². The highest BCUT2D eigenvalue weighted by Gasteiger charge is 2.44. The zero-order valence-corrected chi connectivity index (χ0v) is 7.10. The maximum absolute atomic E-state index is 10.8. The molecule has 0 spiro atoms. The lowest BCUT2D eigenvalue weighted by Crippen LogP contribution is -2.47. The number of aliphatic carboxylic acids is 1. The Balaban J connectivity index is 2.86. The third-order valence-corrected chi connectivity index (χ3v) is 3.44. The average Bonchev–Trinajstić information content (AvgIpc) is 2.32. The van der Waals surface area contributed by atoms with Gasteiger partial charge in [-0.3, -0.25) is 4.79 Å². The summed E-state index contributed by atoms with van der Waals surface area (Å²) in [6.45, 7) is 1.84. The number of rotatable bonds is 2. The van der Waals surface area contributed by atoms with E-state index in [9.17, 15) is 4.79 Å². The first-order valence-electron chi connectivity index (χ1n) is 3.47. The second kappa shape index (κ2) is 2.87. The van der Waals surface area contributed by atoms with Crippen molar-refractivity contribution in [1.29, 1.82) is 0 Å². The molecule has 0 bridgehead atoms. The Morgan fingerprint density at radius 1 is 1.91 bits per heavy atom. The molecular weight excluding hydrogens is 162 g/mol. The fourth-order valence-electron chi connectivity index (χ4n) is 1.14. The van der Waals surface area contributed by atoms with Gasteiger partial charge in [0, 0.05) is 6.04 Å². The largest absolute Gasteiger partial charge is 0.480 e. The van der Waals surface area contributed by atoms with Gasteiger partial charge in [0.25, 0.3) is 0 Å². The lowest BCUT2D eigenvalue weighted by molar-refractivity contribution is -0.140. The molecular formula is C7H11NO2S. The van der Waals surface area contributed by atoms with Gasteiger partial charge in [-0.2, -0.15) is 0 Å². The zero-order chi connectivity index (χ0) is 8.48. The third kappa shape index (κ3) is 1.16. The molecule has 3 N–H and O–H groups in total. The summed E-state index contributed by atoms with van der Waals surface area (Å²) in [4.78, 5) is 10.8. The van der Waals surface area contributed by atoms with Crippen LogP contribution in [-0.2, 0) is 4.79 Å². The van der Waals surface area contributed by atoms with Gasteiger partial charge in [0.2, 0.25) is 0 Å². The lowest BCUT2D eigenvalue weighted by Gasteiger charge is -2.25. The average molecular weight is 173 g/mol. The van der Waals surface area contributed by atoms with E-state index in [-0.39, 0.29) is 6.04 Å². The highest BCUT2D eigenvalue weighted by Crippen LogP contribution is 2.38. The summed E-state index contributed by atoms with van der Waals surface area (Å²) in [6.07, 6.45) is 2.30. The molecule has 1 aliphatic heterocycles. The highest BCUT2D eigenvalue weighted by atomic mass is 32.2. The van der Waals surface area contributed by atoms with Crippen molar-refractivity contribution in [3.63, 3.8) is 0 Å². The molecule has 11 heavy (non-hydrogen) atoms. The third-order valence-electron chi connectivity index (χ3n) is 1.99. The number of nitrogens with two attached hydrogens (primary N) is 1. The van der Waals surface area contributed by atoms with Crippen LogP contribution in [0.1, 0.15) is 13.3 Å². The smallest absolute Gasteiger partial charge is 0.322 e. The SMILES string of the molecule is CCC1(C(=O)O)SC=CC1N. The van der Waals surface area contributed by atoms with E-state index in [1.54, 1.807) is 11.5 Å². The highest BCUT2D eigenvalue weighted by molar-refractivity contribution is 8.04. The van der Waals surface area contributed by atoms with Gasteiger partial charge in [0.05, 0.1) is 0 Å². The molecule has 4 heteroatoms. The predicted octanol–water partition coefficient (Wildman–Crippen LogP) is 0.808. The lowest BCUT2D eigenvalue weighted by atomic mass is 9.97. The van der Waals surface area contributed by atoms with Crippen LogP contribution >= 0.6 is 11.8 Å². The van der Waals surface area contributed by atoms with Crippen molar-refractivity contribution in [1.82, 2.24) is 0 Å². The second-order valence-corrected chi connectivity index (χ2v) is 3.76. The first-order valence-corrected chi connectivity index (χ1v) is 4.35. The first-order chi connectivity index (χ1) is 5.13. The quantitative estimate of drug-likeness (QED) is 0.648.